The van der Waals surface area contributed by atoms with Crippen LogP contribution < -0.4 is 10.6 Å². The van der Waals surface area contributed by atoms with Gasteiger partial charge in [-0.3, -0.25) is 14.9 Å². The topological polar surface area (TPSA) is 130 Å². The number of Topliss-reactive ketones (excluding diaryl/α,β-unsaturated/α-hetero) is 2. The minimum absolute atomic E-state index is 0.0367. The molecule has 9 nitrogen and oxygen atoms in total. The van der Waals surface area contributed by atoms with E-state index in [0.29, 0.717) is 12.2 Å². The van der Waals surface area contributed by atoms with E-state index < -0.39 is 33.4 Å². The smallest absolute Gasteiger partial charge is 0.224 e. The maximum Gasteiger partial charge on any atom is 0.224 e. The average Bonchev–Trinajstić information content (AvgIpc) is 3.20. The van der Waals surface area contributed by atoms with Gasteiger partial charge in [0.05, 0.1) is 39.6 Å². The first kappa shape index (κ1) is 25.2. The molecule has 11 heteroatoms. The summed E-state index contributed by atoms with van der Waals surface area (Å²) in [6.07, 6.45) is 2.00. The molecule has 1 aliphatic rings. The minimum Gasteiger partial charge on any atom is -0.504 e. The van der Waals surface area contributed by atoms with Crippen LogP contribution in [0, 0.1) is 6.92 Å². The van der Waals surface area contributed by atoms with Crippen LogP contribution in [0.2, 0.25) is 5.02 Å². The largest absolute Gasteiger partial charge is 0.504 e. The molecule has 1 saturated carbocycles. The fourth-order valence-electron chi connectivity index (χ4n) is 3.65. The van der Waals surface area contributed by atoms with Crippen molar-refractivity contribution in [3.05, 3.63) is 40.8 Å². The summed E-state index contributed by atoms with van der Waals surface area (Å²) in [5.41, 5.74) is 0.130. The number of aromatic hydroxyl groups is 1. The number of anilines is 1. The van der Waals surface area contributed by atoms with Crippen LogP contribution in [-0.2, 0) is 24.1 Å². The molecule has 0 radical (unpaired) electrons. The van der Waals surface area contributed by atoms with E-state index in [1.807, 2.05) is 26.0 Å². The molecule has 1 aliphatic carbocycles. The Morgan fingerprint density at radius 1 is 1.24 bits per heavy atom. The van der Waals surface area contributed by atoms with E-state index in [9.17, 15) is 18.9 Å². The number of carbonyl (C=O) groups excluding carboxylic acids is 2. The van der Waals surface area contributed by atoms with Crippen LogP contribution in [0.25, 0.3) is 0 Å². The summed E-state index contributed by atoms with van der Waals surface area (Å²) < 4.78 is 27.8. The van der Waals surface area contributed by atoms with Crippen molar-refractivity contribution in [2.24, 2.45) is 4.36 Å². The molecule has 4 atom stereocenters. The van der Waals surface area contributed by atoms with E-state index in [1.165, 1.54) is 25.5 Å². The van der Waals surface area contributed by atoms with Crippen molar-refractivity contribution in [2.45, 2.75) is 43.3 Å². The molecule has 1 aromatic carbocycles. The molecule has 0 bridgehead atoms. The van der Waals surface area contributed by atoms with Crippen molar-refractivity contribution in [3.8, 4) is 5.75 Å². The molecule has 0 amide bonds. The van der Waals surface area contributed by atoms with Gasteiger partial charge in [-0.25, -0.2) is 8.57 Å². The SMILES string of the molecule is CC[C@@H](NC1C(=O)C(=O)C1Nc1ccc(Cl)c(S(C)(=O)=NCCOC)c1O)c1ccc(C)o1. The van der Waals surface area contributed by atoms with Gasteiger partial charge in [0.15, 0.2) is 5.75 Å². The fourth-order valence-corrected chi connectivity index (χ4v) is 5.68. The zero-order valence-corrected chi connectivity index (χ0v) is 20.5. The summed E-state index contributed by atoms with van der Waals surface area (Å²) in [7, 11) is -1.54. The monoisotopic (exact) mass is 497 g/mol. The number of ketones is 2. The number of nitrogens with zero attached hydrogens (tertiary/aromatic N) is 1. The number of halogens is 1. The third kappa shape index (κ3) is 5.24. The number of carbonyl (C=O) groups is 2. The van der Waals surface area contributed by atoms with Gasteiger partial charge in [-0.15, -0.1) is 0 Å². The van der Waals surface area contributed by atoms with Crippen LogP contribution in [0.3, 0.4) is 0 Å². The minimum atomic E-state index is -3.04. The highest BCUT2D eigenvalue weighted by molar-refractivity contribution is 7.93. The summed E-state index contributed by atoms with van der Waals surface area (Å²) in [6, 6.07) is 4.58. The highest BCUT2D eigenvalue weighted by Crippen LogP contribution is 2.39. The van der Waals surface area contributed by atoms with Crippen molar-refractivity contribution in [3.63, 3.8) is 0 Å². The number of phenolic OH excluding ortho intramolecular Hbond substituents is 1. The van der Waals surface area contributed by atoms with Crippen molar-refractivity contribution in [1.82, 2.24) is 5.32 Å². The number of hydrogen-bond acceptors (Lipinski definition) is 9. The first-order chi connectivity index (χ1) is 15.6. The maximum absolute atomic E-state index is 13.1. The Morgan fingerprint density at radius 3 is 2.55 bits per heavy atom. The normalized spacial score (nSPS) is 20.8. The molecular formula is C22H28ClN3O6S. The van der Waals surface area contributed by atoms with Crippen molar-refractivity contribution in [1.29, 1.82) is 0 Å². The lowest BCUT2D eigenvalue weighted by molar-refractivity contribution is -0.145. The zero-order chi connectivity index (χ0) is 24.3. The summed E-state index contributed by atoms with van der Waals surface area (Å²) in [4.78, 5) is 24.6. The van der Waals surface area contributed by atoms with Crippen LogP contribution in [0.1, 0.15) is 30.9 Å². The predicted molar refractivity (Wildman–Crippen MR) is 125 cm³/mol. The summed E-state index contributed by atoms with van der Waals surface area (Å²) in [5, 5.41) is 17.0. The van der Waals surface area contributed by atoms with Crippen molar-refractivity contribution < 1.29 is 28.1 Å². The Hall–Kier alpha value is -2.40. The highest BCUT2D eigenvalue weighted by atomic mass is 35.5. The van der Waals surface area contributed by atoms with E-state index >= 15 is 0 Å². The molecule has 1 aromatic heterocycles. The molecule has 1 fully saturated rings. The quantitative estimate of drug-likeness (QED) is 0.259. The molecule has 180 valence electrons. The van der Waals surface area contributed by atoms with Crippen LogP contribution >= 0.6 is 11.6 Å². The first-order valence-corrected chi connectivity index (χ1v) is 12.8. The number of methoxy groups -OCH3 is 1. The summed E-state index contributed by atoms with van der Waals surface area (Å²) >= 11 is 6.22. The van der Waals surface area contributed by atoms with Crippen LogP contribution in [0.5, 0.6) is 5.75 Å². The second kappa shape index (κ2) is 10.3. The second-order valence-corrected chi connectivity index (χ2v) is 10.5. The molecule has 0 spiro atoms. The average molecular weight is 498 g/mol. The van der Waals surface area contributed by atoms with Gasteiger partial charge in [0.2, 0.25) is 11.6 Å². The molecule has 1 heterocycles. The van der Waals surface area contributed by atoms with E-state index in [-0.39, 0.29) is 40.5 Å². The molecule has 0 saturated heterocycles. The molecule has 3 N–H and O–H groups in total. The number of ether oxygens (including phenoxy) is 1. The van der Waals surface area contributed by atoms with E-state index in [1.54, 1.807) is 0 Å². The second-order valence-electron chi connectivity index (χ2n) is 7.82. The lowest BCUT2D eigenvalue weighted by Crippen LogP contribution is -2.67. The predicted octanol–water partition coefficient (Wildman–Crippen LogP) is 3.09. The number of nitrogens with one attached hydrogen (secondary N) is 2. The van der Waals surface area contributed by atoms with Crippen LogP contribution in [0.15, 0.2) is 37.9 Å². The summed E-state index contributed by atoms with van der Waals surface area (Å²) in [6.45, 7) is 4.19. The number of benzene rings is 1. The zero-order valence-electron chi connectivity index (χ0n) is 18.9. The number of rotatable bonds is 10. The number of aryl methyl sites for hydroxylation is 1. The van der Waals surface area contributed by atoms with Gasteiger partial charge < -0.3 is 19.6 Å². The van der Waals surface area contributed by atoms with Crippen molar-refractivity contribution in [2.75, 3.05) is 31.8 Å². The molecule has 33 heavy (non-hydrogen) atoms. The number of phenols is 1. The standard InChI is InChI=1S/C22H28ClN3O6S/c1-5-14(16-9-6-12(2)32-16)25-17-18(21(29)20(17)28)26-15-8-7-13(23)22(19(15)27)33(4,30)24-10-11-31-3/h6-9,14,17-18,25-27H,5,10-11H2,1-4H3/t14-,17?,18?,33?/m1/s1. The molecule has 3 rings (SSSR count). The highest BCUT2D eigenvalue weighted by Gasteiger charge is 2.50. The maximum atomic E-state index is 13.1. The van der Waals surface area contributed by atoms with Gasteiger partial charge in [0.1, 0.15) is 28.5 Å². The third-order valence-corrected chi connectivity index (χ3v) is 7.71. The molecular weight excluding hydrogens is 470 g/mol. The number of furan rings is 1. The Labute approximate surface area is 198 Å². The van der Waals surface area contributed by atoms with Gasteiger partial charge in [0, 0.05) is 13.4 Å². The van der Waals surface area contributed by atoms with Gasteiger partial charge in [-0.1, -0.05) is 18.5 Å². The number of hydrogen-bond donors (Lipinski definition) is 3. The molecule has 2 aromatic rings. The van der Waals surface area contributed by atoms with E-state index in [2.05, 4.69) is 15.0 Å². The lowest BCUT2D eigenvalue weighted by atomic mass is 9.82. The Bertz CT molecular complexity index is 1170. The first-order valence-electron chi connectivity index (χ1n) is 10.5. The van der Waals surface area contributed by atoms with E-state index in [4.69, 9.17) is 20.8 Å². The van der Waals surface area contributed by atoms with E-state index in [0.717, 1.165) is 5.76 Å². The van der Waals surface area contributed by atoms with Crippen molar-refractivity contribution >= 4 is 38.6 Å². The fraction of sp³-hybridized carbons (Fsp3) is 0.455. The molecule has 3 unspecified atom stereocenters. The third-order valence-electron chi connectivity index (χ3n) is 5.44. The summed E-state index contributed by atoms with van der Waals surface area (Å²) in [5.74, 6) is -0.141. The van der Waals surface area contributed by atoms with Gasteiger partial charge in [0.25, 0.3) is 0 Å². The van der Waals surface area contributed by atoms with Gasteiger partial charge in [-0.05, 0) is 37.6 Å². The van der Waals surface area contributed by atoms with Crippen LogP contribution in [-0.4, -0.2) is 59.5 Å². The van der Waals surface area contributed by atoms with Crippen LogP contribution in [0.4, 0.5) is 5.69 Å². The Kier molecular flexibility index (Phi) is 7.84. The molecule has 0 aliphatic heterocycles. The lowest BCUT2D eigenvalue weighted by Gasteiger charge is -2.37. The Balaban J connectivity index is 1.86. The van der Waals surface area contributed by atoms with Gasteiger partial charge in [-0.2, -0.15) is 0 Å². The Morgan fingerprint density at radius 2 is 1.94 bits per heavy atom. The van der Waals surface area contributed by atoms with Gasteiger partial charge >= 0.3 is 0 Å².